The van der Waals surface area contributed by atoms with Gasteiger partial charge in [0.05, 0.1) is 12.6 Å². The SMILES string of the molecule is COc1ccc(Nc2ncnc3ccccc23)cc1.Cl. The summed E-state index contributed by atoms with van der Waals surface area (Å²) in [5.74, 6) is 1.63. The number of rotatable bonds is 3. The standard InChI is InChI=1S/C15H13N3O.ClH/c1-19-12-8-6-11(7-9-12)18-15-13-4-2-3-5-14(13)16-10-17-15;/h2-10H,1H3,(H,16,17,18);1H. The van der Waals surface area contributed by atoms with Gasteiger partial charge in [-0.2, -0.15) is 0 Å². The highest BCUT2D eigenvalue weighted by Gasteiger charge is 2.03. The molecule has 0 aliphatic rings. The fourth-order valence-electron chi connectivity index (χ4n) is 1.92. The Morgan fingerprint density at radius 2 is 1.70 bits per heavy atom. The number of hydrogen-bond acceptors (Lipinski definition) is 4. The molecule has 0 atom stereocenters. The molecule has 0 bridgehead atoms. The predicted molar refractivity (Wildman–Crippen MR) is 83.1 cm³/mol. The van der Waals surface area contributed by atoms with Crippen molar-refractivity contribution in [1.82, 2.24) is 9.97 Å². The van der Waals surface area contributed by atoms with Crippen molar-refractivity contribution in [1.29, 1.82) is 0 Å². The molecule has 0 radical (unpaired) electrons. The first-order valence-corrected chi connectivity index (χ1v) is 5.97. The number of anilines is 2. The zero-order chi connectivity index (χ0) is 13.1. The summed E-state index contributed by atoms with van der Waals surface area (Å²) in [6.45, 7) is 0. The molecule has 4 nitrogen and oxygen atoms in total. The van der Waals surface area contributed by atoms with Crippen LogP contribution in [0.5, 0.6) is 5.75 Å². The molecule has 0 saturated heterocycles. The van der Waals surface area contributed by atoms with Crippen molar-refractivity contribution >= 4 is 34.8 Å². The second kappa shape index (κ2) is 6.21. The lowest BCUT2D eigenvalue weighted by atomic mass is 10.2. The Balaban J connectivity index is 0.00000147. The third-order valence-electron chi connectivity index (χ3n) is 2.90. The van der Waals surface area contributed by atoms with Gasteiger partial charge in [0.2, 0.25) is 0 Å². The van der Waals surface area contributed by atoms with Gasteiger partial charge < -0.3 is 10.1 Å². The Bertz CT molecular complexity index is 696. The van der Waals surface area contributed by atoms with Crippen molar-refractivity contribution < 1.29 is 4.74 Å². The molecule has 102 valence electrons. The first-order chi connectivity index (χ1) is 9.36. The van der Waals surface area contributed by atoms with Crippen molar-refractivity contribution in [2.45, 2.75) is 0 Å². The van der Waals surface area contributed by atoms with Gasteiger partial charge in [0.15, 0.2) is 0 Å². The van der Waals surface area contributed by atoms with E-state index in [4.69, 9.17) is 4.74 Å². The molecule has 1 N–H and O–H groups in total. The second-order valence-electron chi connectivity index (χ2n) is 4.09. The van der Waals surface area contributed by atoms with Crippen LogP contribution < -0.4 is 10.1 Å². The Morgan fingerprint density at radius 3 is 2.45 bits per heavy atom. The Kier molecular flexibility index (Phi) is 4.38. The van der Waals surface area contributed by atoms with Gasteiger partial charge >= 0.3 is 0 Å². The van der Waals surface area contributed by atoms with E-state index in [1.165, 1.54) is 0 Å². The summed E-state index contributed by atoms with van der Waals surface area (Å²) in [6.07, 6.45) is 1.56. The number of aromatic nitrogens is 2. The Hall–Kier alpha value is -2.33. The number of ether oxygens (including phenoxy) is 1. The molecule has 5 heteroatoms. The molecule has 0 spiro atoms. The monoisotopic (exact) mass is 287 g/mol. The van der Waals surface area contributed by atoms with Crippen molar-refractivity contribution in [2.75, 3.05) is 12.4 Å². The zero-order valence-electron chi connectivity index (χ0n) is 10.9. The van der Waals surface area contributed by atoms with Gasteiger partial charge in [0.25, 0.3) is 0 Å². The number of nitrogens with one attached hydrogen (secondary N) is 1. The highest BCUT2D eigenvalue weighted by molar-refractivity contribution is 5.90. The van der Waals surface area contributed by atoms with E-state index in [1.54, 1.807) is 13.4 Å². The molecule has 1 heterocycles. The molecular weight excluding hydrogens is 274 g/mol. The van der Waals surface area contributed by atoms with E-state index >= 15 is 0 Å². The lowest BCUT2D eigenvalue weighted by Crippen LogP contribution is -1.95. The first kappa shape index (κ1) is 14.1. The minimum absolute atomic E-state index is 0. The van der Waals surface area contributed by atoms with E-state index in [0.29, 0.717) is 0 Å². The maximum absolute atomic E-state index is 5.14. The topological polar surface area (TPSA) is 47.0 Å². The minimum Gasteiger partial charge on any atom is -0.497 e. The Labute approximate surface area is 123 Å². The predicted octanol–water partition coefficient (Wildman–Crippen LogP) is 3.80. The third kappa shape index (κ3) is 2.81. The third-order valence-corrected chi connectivity index (χ3v) is 2.90. The van der Waals surface area contributed by atoms with Crippen molar-refractivity contribution in [3.05, 3.63) is 54.9 Å². The van der Waals surface area contributed by atoms with E-state index in [1.807, 2.05) is 48.5 Å². The van der Waals surface area contributed by atoms with Crippen molar-refractivity contribution in [3.63, 3.8) is 0 Å². The largest absolute Gasteiger partial charge is 0.497 e. The van der Waals surface area contributed by atoms with Crippen LogP contribution >= 0.6 is 12.4 Å². The second-order valence-corrected chi connectivity index (χ2v) is 4.09. The number of fused-ring (bicyclic) bond motifs is 1. The normalized spacial score (nSPS) is 9.85. The van der Waals surface area contributed by atoms with Gasteiger partial charge in [-0.25, -0.2) is 9.97 Å². The maximum atomic E-state index is 5.14. The summed E-state index contributed by atoms with van der Waals surface area (Å²) in [7, 11) is 1.65. The van der Waals surface area contributed by atoms with E-state index in [2.05, 4.69) is 15.3 Å². The fraction of sp³-hybridized carbons (Fsp3) is 0.0667. The van der Waals surface area contributed by atoms with E-state index in [9.17, 15) is 0 Å². The fourth-order valence-corrected chi connectivity index (χ4v) is 1.92. The van der Waals surface area contributed by atoms with Crippen LogP contribution in [0.25, 0.3) is 10.9 Å². The molecule has 0 amide bonds. The summed E-state index contributed by atoms with van der Waals surface area (Å²) in [4.78, 5) is 8.53. The van der Waals surface area contributed by atoms with Gasteiger partial charge in [0.1, 0.15) is 17.9 Å². The molecule has 0 aliphatic heterocycles. The van der Waals surface area contributed by atoms with Crippen LogP contribution in [0.1, 0.15) is 0 Å². The van der Waals surface area contributed by atoms with E-state index in [0.717, 1.165) is 28.2 Å². The molecular formula is C15H14ClN3O. The summed E-state index contributed by atoms with van der Waals surface area (Å²) in [5.41, 5.74) is 1.89. The van der Waals surface area contributed by atoms with Gasteiger partial charge in [-0.1, -0.05) is 12.1 Å². The summed E-state index contributed by atoms with van der Waals surface area (Å²) < 4.78 is 5.14. The lowest BCUT2D eigenvalue weighted by Gasteiger charge is -2.08. The maximum Gasteiger partial charge on any atom is 0.141 e. The summed E-state index contributed by atoms with van der Waals surface area (Å²) >= 11 is 0. The van der Waals surface area contributed by atoms with Gasteiger partial charge in [0, 0.05) is 11.1 Å². The van der Waals surface area contributed by atoms with Gasteiger partial charge in [-0.15, -0.1) is 12.4 Å². The van der Waals surface area contributed by atoms with Gasteiger partial charge in [-0.3, -0.25) is 0 Å². The van der Waals surface area contributed by atoms with Gasteiger partial charge in [-0.05, 0) is 36.4 Å². The number of nitrogens with zero attached hydrogens (tertiary/aromatic N) is 2. The van der Waals surface area contributed by atoms with Crippen LogP contribution in [-0.4, -0.2) is 17.1 Å². The molecule has 0 fully saturated rings. The van der Waals surface area contributed by atoms with Crippen LogP contribution in [0.3, 0.4) is 0 Å². The number of halogens is 1. The highest BCUT2D eigenvalue weighted by atomic mass is 35.5. The number of methoxy groups -OCH3 is 1. The van der Waals surface area contributed by atoms with E-state index < -0.39 is 0 Å². The molecule has 1 aromatic heterocycles. The molecule has 0 saturated carbocycles. The quantitative estimate of drug-likeness (QED) is 0.796. The van der Waals surface area contributed by atoms with Crippen LogP contribution in [0.2, 0.25) is 0 Å². The molecule has 2 aromatic carbocycles. The average Bonchev–Trinajstić information content (AvgIpc) is 2.48. The Morgan fingerprint density at radius 1 is 0.950 bits per heavy atom. The van der Waals surface area contributed by atoms with Crippen LogP contribution in [0.4, 0.5) is 11.5 Å². The average molecular weight is 288 g/mol. The molecule has 3 rings (SSSR count). The van der Waals surface area contributed by atoms with Crippen LogP contribution in [0.15, 0.2) is 54.9 Å². The van der Waals surface area contributed by atoms with Crippen LogP contribution in [0, 0.1) is 0 Å². The molecule has 0 unspecified atom stereocenters. The van der Waals surface area contributed by atoms with Crippen molar-refractivity contribution in [3.8, 4) is 5.75 Å². The van der Waals surface area contributed by atoms with E-state index in [-0.39, 0.29) is 12.4 Å². The summed E-state index contributed by atoms with van der Waals surface area (Å²) in [5, 5.41) is 4.29. The van der Waals surface area contributed by atoms with Crippen LogP contribution in [-0.2, 0) is 0 Å². The van der Waals surface area contributed by atoms with Crippen molar-refractivity contribution in [2.24, 2.45) is 0 Å². The highest BCUT2D eigenvalue weighted by Crippen LogP contribution is 2.23. The first-order valence-electron chi connectivity index (χ1n) is 5.97. The lowest BCUT2D eigenvalue weighted by molar-refractivity contribution is 0.415. The zero-order valence-corrected chi connectivity index (χ0v) is 11.7. The number of hydrogen-bond donors (Lipinski definition) is 1. The molecule has 20 heavy (non-hydrogen) atoms. The minimum atomic E-state index is 0. The summed E-state index contributed by atoms with van der Waals surface area (Å²) in [6, 6.07) is 15.6. The smallest absolute Gasteiger partial charge is 0.141 e. The molecule has 0 aliphatic carbocycles. The number of para-hydroxylation sites is 1. The number of benzene rings is 2. The molecule has 3 aromatic rings.